The Morgan fingerprint density at radius 2 is 1.97 bits per heavy atom. The van der Waals surface area contributed by atoms with Crippen LogP contribution in [0.4, 0.5) is 11.4 Å². The van der Waals surface area contributed by atoms with Crippen LogP contribution < -0.4 is 14.8 Å². The molecular weight excluding hydrogens is 567 g/mol. The van der Waals surface area contributed by atoms with E-state index in [4.69, 9.17) is 32.7 Å². The van der Waals surface area contributed by atoms with Gasteiger partial charge in [0.1, 0.15) is 6.61 Å². The molecule has 1 aliphatic heterocycles. The van der Waals surface area contributed by atoms with E-state index in [0.29, 0.717) is 28.2 Å². The van der Waals surface area contributed by atoms with Crippen LogP contribution in [0.25, 0.3) is 0 Å². The summed E-state index contributed by atoms with van der Waals surface area (Å²) >= 11 is 15.8. The molecule has 9 heteroatoms. The molecule has 0 saturated carbocycles. The molecule has 0 bridgehead atoms. The average Bonchev–Trinajstić information content (AvgIpc) is 3.35. The molecule has 186 valence electrons. The van der Waals surface area contributed by atoms with Crippen LogP contribution in [0.15, 0.2) is 59.1 Å². The number of rotatable bonds is 6. The Morgan fingerprint density at radius 1 is 1.17 bits per heavy atom. The third-order valence-electron chi connectivity index (χ3n) is 6.84. The van der Waals surface area contributed by atoms with Crippen LogP contribution in [-0.2, 0) is 6.61 Å². The van der Waals surface area contributed by atoms with Gasteiger partial charge in [-0.1, -0.05) is 41.4 Å². The lowest BCUT2D eigenvalue weighted by atomic mass is 9.76. The summed E-state index contributed by atoms with van der Waals surface area (Å²) in [5.74, 6) is 1.52. The number of methoxy groups -OCH3 is 1. The van der Waals surface area contributed by atoms with Gasteiger partial charge in [0.25, 0.3) is 5.69 Å². The third kappa shape index (κ3) is 4.56. The van der Waals surface area contributed by atoms with Crippen molar-refractivity contribution in [3.05, 3.63) is 102 Å². The first kappa shape index (κ1) is 24.9. The van der Waals surface area contributed by atoms with Crippen molar-refractivity contribution in [1.29, 1.82) is 0 Å². The van der Waals surface area contributed by atoms with Crippen molar-refractivity contribution in [2.24, 2.45) is 5.92 Å². The largest absolute Gasteiger partial charge is 0.493 e. The van der Waals surface area contributed by atoms with Gasteiger partial charge in [-0.3, -0.25) is 10.1 Å². The number of nitrogens with zero attached hydrogens (tertiary/aromatic N) is 1. The van der Waals surface area contributed by atoms with Gasteiger partial charge in [-0.25, -0.2) is 0 Å². The molecule has 6 nitrogen and oxygen atoms in total. The predicted octanol–water partition coefficient (Wildman–Crippen LogP) is 8.39. The highest BCUT2D eigenvalue weighted by atomic mass is 79.9. The van der Waals surface area contributed by atoms with E-state index in [2.05, 4.69) is 33.4 Å². The van der Waals surface area contributed by atoms with E-state index in [0.717, 1.165) is 38.8 Å². The lowest BCUT2D eigenvalue weighted by molar-refractivity contribution is -0.385. The van der Waals surface area contributed by atoms with Crippen molar-refractivity contribution in [3.63, 3.8) is 0 Å². The molecule has 0 unspecified atom stereocenters. The minimum Gasteiger partial charge on any atom is -0.493 e. The number of aryl methyl sites for hydroxylation is 1. The van der Waals surface area contributed by atoms with Gasteiger partial charge in [0, 0.05) is 23.7 Å². The summed E-state index contributed by atoms with van der Waals surface area (Å²) in [6, 6.07) is 12.8. The van der Waals surface area contributed by atoms with Crippen molar-refractivity contribution in [1.82, 2.24) is 0 Å². The van der Waals surface area contributed by atoms with E-state index in [1.54, 1.807) is 31.4 Å². The third-order valence-corrected chi connectivity index (χ3v) is 8.17. The number of halogens is 3. The molecule has 3 aromatic carbocycles. The topological polar surface area (TPSA) is 73.6 Å². The quantitative estimate of drug-likeness (QED) is 0.177. The van der Waals surface area contributed by atoms with Crippen LogP contribution in [-0.4, -0.2) is 12.0 Å². The van der Waals surface area contributed by atoms with Gasteiger partial charge in [-0.05, 0) is 81.7 Å². The monoisotopic (exact) mass is 588 g/mol. The summed E-state index contributed by atoms with van der Waals surface area (Å²) in [5.41, 5.74) is 4.84. The van der Waals surface area contributed by atoms with Crippen molar-refractivity contribution in [2.75, 3.05) is 12.4 Å². The van der Waals surface area contributed by atoms with Crippen LogP contribution in [0.2, 0.25) is 10.0 Å². The van der Waals surface area contributed by atoms with Gasteiger partial charge in [0.05, 0.1) is 32.6 Å². The fourth-order valence-corrected chi connectivity index (χ4v) is 6.04. The Kier molecular flexibility index (Phi) is 6.90. The van der Waals surface area contributed by atoms with Crippen LogP contribution in [0.3, 0.4) is 0 Å². The van der Waals surface area contributed by atoms with E-state index in [-0.39, 0.29) is 28.5 Å². The minimum absolute atomic E-state index is 0.00743. The first-order valence-corrected chi connectivity index (χ1v) is 13.0. The average molecular weight is 590 g/mol. The summed E-state index contributed by atoms with van der Waals surface area (Å²) in [6.45, 7) is 2.21. The normalized spacial score (nSPS) is 19.9. The number of ether oxygens (including phenoxy) is 2. The number of allylic oxidation sites excluding steroid dienone is 2. The standard InChI is InChI=1S/C27H23BrCl2N2O4/c1-14-8-17(32(33)34)12-20-18-4-3-5-19(18)26(31-25(14)20)16-10-21(28)27(24(11-16)35-2)36-13-15-6-7-22(29)23(30)9-15/h3-4,6-12,18-19,26,31H,5,13H2,1-2H3/t18-,19-,26+/m1/s1. The number of fused-ring (bicyclic) bond motifs is 3. The van der Waals surface area contributed by atoms with E-state index < -0.39 is 0 Å². The number of hydrogen-bond acceptors (Lipinski definition) is 5. The molecule has 0 spiro atoms. The Labute approximate surface area is 227 Å². The molecule has 0 saturated heterocycles. The molecule has 5 rings (SSSR count). The number of benzene rings is 3. The Balaban J connectivity index is 1.47. The van der Waals surface area contributed by atoms with Crippen molar-refractivity contribution >= 4 is 50.5 Å². The van der Waals surface area contributed by atoms with Gasteiger partial charge in [0.15, 0.2) is 11.5 Å². The molecule has 36 heavy (non-hydrogen) atoms. The Morgan fingerprint density at radius 3 is 2.69 bits per heavy atom. The smallest absolute Gasteiger partial charge is 0.270 e. The number of hydrogen-bond donors (Lipinski definition) is 1. The van der Waals surface area contributed by atoms with Crippen LogP contribution >= 0.6 is 39.1 Å². The SMILES string of the molecule is COc1cc([C@@H]2Nc3c(C)cc([N+](=O)[O-])cc3[C@@H]3C=CC[C@H]32)cc(Br)c1OCc1ccc(Cl)c(Cl)c1. The number of nitrogens with one attached hydrogen (secondary N) is 1. The lowest BCUT2D eigenvalue weighted by Crippen LogP contribution is -2.29. The second kappa shape index (κ2) is 9.96. The zero-order chi connectivity index (χ0) is 25.6. The first-order chi connectivity index (χ1) is 17.3. The van der Waals surface area contributed by atoms with Gasteiger partial charge < -0.3 is 14.8 Å². The zero-order valence-corrected chi connectivity index (χ0v) is 22.7. The van der Waals surface area contributed by atoms with Crippen LogP contribution in [0.5, 0.6) is 11.5 Å². The zero-order valence-electron chi connectivity index (χ0n) is 19.6. The molecule has 0 fully saturated rings. The van der Waals surface area contributed by atoms with Gasteiger partial charge in [-0.15, -0.1) is 0 Å². The van der Waals surface area contributed by atoms with Crippen LogP contribution in [0, 0.1) is 23.0 Å². The second-order valence-corrected chi connectivity index (χ2v) is 10.7. The van der Waals surface area contributed by atoms with Gasteiger partial charge in [0.2, 0.25) is 0 Å². The van der Waals surface area contributed by atoms with E-state index >= 15 is 0 Å². The van der Waals surface area contributed by atoms with Crippen molar-refractivity contribution < 1.29 is 14.4 Å². The summed E-state index contributed by atoms with van der Waals surface area (Å²) < 4.78 is 12.6. The summed E-state index contributed by atoms with van der Waals surface area (Å²) in [7, 11) is 1.62. The minimum atomic E-state index is -0.328. The predicted molar refractivity (Wildman–Crippen MR) is 146 cm³/mol. The Bertz CT molecular complexity index is 1390. The summed E-state index contributed by atoms with van der Waals surface area (Å²) in [6.07, 6.45) is 5.20. The molecule has 3 aromatic rings. The molecule has 0 aromatic heterocycles. The fourth-order valence-electron chi connectivity index (χ4n) is 5.15. The number of nitro benzene ring substituents is 1. The molecule has 0 amide bonds. The summed E-state index contributed by atoms with van der Waals surface area (Å²) in [5, 5.41) is 16.1. The fraction of sp³-hybridized carbons (Fsp3) is 0.259. The van der Waals surface area contributed by atoms with E-state index in [9.17, 15) is 10.1 Å². The number of non-ortho nitro benzene ring substituents is 1. The van der Waals surface area contributed by atoms with E-state index in [1.165, 1.54) is 0 Å². The highest BCUT2D eigenvalue weighted by molar-refractivity contribution is 9.10. The lowest BCUT2D eigenvalue weighted by Gasteiger charge is -2.38. The highest BCUT2D eigenvalue weighted by Gasteiger charge is 2.40. The molecule has 3 atom stereocenters. The van der Waals surface area contributed by atoms with Crippen molar-refractivity contribution in [2.45, 2.75) is 31.9 Å². The maximum atomic E-state index is 11.5. The number of anilines is 1. The molecule has 0 radical (unpaired) electrons. The van der Waals surface area contributed by atoms with Crippen molar-refractivity contribution in [3.8, 4) is 11.5 Å². The van der Waals surface area contributed by atoms with Gasteiger partial charge >= 0.3 is 0 Å². The first-order valence-electron chi connectivity index (χ1n) is 11.4. The molecule has 2 aliphatic rings. The maximum absolute atomic E-state index is 11.5. The molecule has 1 N–H and O–H groups in total. The molecular formula is C27H23BrCl2N2O4. The van der Waals surface area contributed by atoms with Crippen LogP contribution in [0.1, 0.15) is 40.6 Å². The van der Waals surface area contributed by atoms with E-state index in [1.807, 2.05) is 25.1 Å². The van der Waals surface area contributed by atoms with Gasteiger partial charge in [-0.2, -0.15) is 0 Å². The Hall–Kier alpha value is -2.74. The highest BCUT2D eigenvalue weighted by Crippen LogP contribution is 2.52. The second-order valence-electron chi connectivity index (χ2n) is 9.03. The number of nitro groups is 1. The summed E-state index contributed by atoms with van der Waals surface area (Å²) in [4.78, 5) is 11.1. The maximum Gasteiger partial charge on any atom is 0.270 e. The molecule has 1 aliphatic carbocycles. The molecule has 1 heterocycles.